The van der Waals surface area contributed by atoms with E-state index in [2.05, 4.69) is 31.1 Å². The van der Waals surface area contributed by atoms with Gasteiger partial charge in [0.2, 0.25) is 0 Å². The summed E-state index contributed by atoms with van der Waals surface area (Å²) in [7, 11) is 2.05. The Morgan fingerprint density at radius 3 is 2.67 bits per heavy atom. The number of hydrogen-bond acceptors (Lipinski definition) is 4. The Morgan fingerprint density at radius 2 is 2.10 bits per heavy atom. The Hall–Kier alpha value is -1.40. The summed E-state index contributed by atoms with van der Waals surface area (Å²) >= 11 is 5.57. The molecule has 0 aliphatic heterocycles. The Balaban J connectivity index is 2.52. The summed E-state index contributed by atoms with van der Waals surface area (Å²) in [6.07, 6.45) is 1.81. The van der Waals surface area contributed by atoms with E-state index in [-0.39, 0.29) is 16.4 Å². The van der Waals surface area contributed by atoms with E-state index in [0.29, 0.717) is 12.6 Å². The van der Waals surface area contributed by atoms with Crippen LogP contribution < -0.4 is 5.32 Å². The third-order valence-corrected chi connectivity index (χ3v) is 3.66. The third kappa shape index (κ3) is 5.47. The van der Waals surface area contributed by atoms with E-state index in [4.69, 9.17) is 11.6 Å². The number of nitrogens with zero attached hydrogens (tertiary/aromatic N) is 2. The molecule has 21 heavy (non-hydrogen) atoms. The molecule has 0 saturated heterocycles. The van der Waals surface area contributed by atoms with E-state index in [1.807, 2.05) is 0 Å². The van der Waals surface area contributed by atoms with Gasteiger partial charge in [-0.3, -0.25) is 10.1 Å². The second-order valence-electron chi connectivity index (χ2n) is 5.25. The second kappa shape index (κ2) is 8.14. The average Bonchev–Trinajstić information content (AvgIpc) is 2.41. The minimum absolute atomic E-state index is 0.166. The summed E-state index contributed by atoms with van der Waals surface area (Å²) in [6.45, 7) is 5.75. The maximum atomic E-state index is 13.4. The van der Waals surface area contributed by atoms with Crippen LogP contribution in [-0.4, -0.2) is 36.0 Å². The molecule has 1 rings (SSSR count). The van der Waals surface area contributed by atoms with E-state index < -0.39 is 10.7 Å². The van der Waals surface area contributed by atoms with Crippen LogP contribution in [0.15, 0.2) is 12.1 Å². The summed E-state index contributed by atoms with van der Waals surface area (Å²) in [4.78, 5) is 12.6. The Morgan fingerprint density at radius 1 is 1.43 bits per heavy atom. The molecule has 0 aliphatic carbocycles. The predicted octanol–water partition coefficient (Wildman–Crippen LogP) is 3.92. The van der Waals surface area contributed by atoms with Crippen LogP contribution in [0.1, 0.15) is 26.7 Å². The standard InChI is InChI=1S/C14H21ClFN3O2/c1-10(2)18(3)7-5-4-6-17-13-9-12(16)11(15)8-14(13)19(20)21/h8-10,17H,4-7H2,1-3H3. The molecular formula is C14H21ClFN3O2. The molecule has 0 aliphatic rings. The van der Waals surface area contributed by atoms with Crippen LogP contribution in [0.25, 0.3) is 0 Å². The largest absolute Gasteiger partial charge is 0.379 e. The fourth-order valence-electron chi connectivity index (χ4n) is 1.80. The number of nitro benzene ring substituents is 1. The highest BCUT2D eigenvalue weighted by molar-refractivity contribution is 6.31. The van der Waals surface area contributed by atoms with Gasteiger partial charge in [0.15, 0.2) is 0 Å². The number of benzene rings is 1. The first-order valence-corrected chi connectivity index (χ1v) is 7.28. The van der Waals surface area contributed by atoms with Crippen molar-refractivity contribution < 1.29 is 9.31 Å². The molecule has 0 amide bonds. The Kier molecular flexibility index (Phi) is 6.84. The van der Waals surface area contributed by atoms with Crippen molar-refractivity contribution in [2.24, 2.45) is 0 Å². The molecule has 0 heterocycles. The van der Waals surface area contributed by atoms with Crippen LogP contribution >= 0.6 is 11.6 Å². The molecule has 0 saturated carbocycles. The van der Waals surface area contributed by atoms with Crippen molar-refractivity contribution in [2.45, 2.75) is 32.7 Å². The molecule has 0 radical (unpaired) electrons. The molecule has 1 aromatic rings. The topological polar surface area (TPSA) is 58.4 Å². The third-order valence-electron chi connectivity index (χ3n) is 3.37. The molecule has 0 aromatic heterocycles. The van der Waals surface area contributed by atoms with Crippen LogP contribution in [0.4, 0.5) is 15.8 Å². The lowest BCUT2D eigenvalue weighted by Gasteiger charge is -2.20. The molecule has 1 aromatic carbocycles. The van der Waals surface area contributed by atoms with Crippen molar-refractivity contribution in [1.82, 2.24) is 4.90 Å². The molecule has 0 unspecified atom stereocenters. The summed E-state index contributed by atoms with van der Waals surface area (Å²) < 4.78 is 13.4. The summed E-state index contributed by atoms with van der Waals surface area (Å²) in [6, 6.07) is 2.59. The van der Waals surface area contributed by atoms with Gasteiger partial charge < -0.3 is 10.2 Å². The van der Waals surface area contributed by atoms with Gasteiger partial charge in [0.1, 0.15) is 11.5 Å². The number of hydrogen-bond donors (Lipinski definition) is 1. The van der Waals surface area contributed by atoms with Gasteiger partial charge in [-0.15, -0.1) is 0 Å². The van der Waals surface area contributed by atoms with Gasteiger partial charge in [-0.2, -0.15) is 0 Å². The van der Waals surface area contributed by atoms with E-state index >= 15 is 0 Å². The molecule has 1 N–H and O–H groups in total. The highest BCUT2D eigenvalue weighted by Crippen LogP contribution is 2.30. The summed E-state index contributed by atoms with van der Waals surface area (Å²) in [5.74, 6) is -0.663. The van der Waals surface area contributed by atoms with Crippen LogP contribution in [-0.2, 0) is 0 Å². The molecule has 0 bridgehead atoms. The van der Waals surface area contributed by atoms with E-state index in [0.717, 1.165) is 31.5 Å². The maximum absolute atomic E-state index is 13.4. The smallest absolute Gasteiger partial charge is 0.294 e. The van der Waals surface area contributed by atoms with Crippen molar-refractivity contribution in [1.29, 1.82) is 0 Å². The van der Waals surface area contributed by atoms with Crippen LogP contribution in [0.2, 0.25) is 5.02 Å². The number of halogens is 2. The molecule has 0 spiro atoms. The minimum atomic E-state index is -0.663. The first-order valence-electron chi connectivity index (χ1n) is 6.90. The zero-order valence-electron chi connectivity index (χ0n) is 12.5. The first kappa shape index (κ1) is 17.7. The van der Waals surface area contributed by atoms with Crippen molar-refractivity contribution in [3.8, 4) is 0 Å². The van der Waals surface area contributed by atoms with E-state index in [1.165, 1.54) is 0 Å². The lowest BCUT2D eigenvalue weighted by molar-refractivity contribution is -0.384. The van der Waals surface area contributed by atoms with Crippen molar-refractivity contribution in [3.05, 3.63) is 33.1 Å². The summed E-state index contributed by atoms with van der Waals surface area (Å²) in [5.41, 5.74) is -0.0418. The van der Waals surface area contributed by atoms with Crippen LogP contribution in [0.3, 0.4) is 0 Å². The van der Waals surface area contributed by atoms with Gasteiger partial charge >= 0.3 is 0 Å². The molecular weight excluding hydrogens is 297 g/mol. The number of rotatable bonds is 8. The second-order valence-corrected chi connectivity index (χ2v) is 5.66. The average molecular weight is 318 g/mol. The minimum Gasteiger partial charge on any atom is -0.379 e. The van der Waals surface area contributed by atoms with Crippen LogP contribution in [0, 0.1) is 15.9 Å². The normalized spacial score (nSPS) is 11.2. The van der Waals surface area contributed by atoms with Gasteiger partial charge in [0.05, 0.1) is 9.95 Å². The Labute approximate surface area is 129 Å². The monoisotopic (exact) mass is 317 g/mol. The number of anilines is 1. The molecule has 0 fully saturated rings. The summed E-state index contributed by atoms with van der Waals surface area (Å²) in [5, 5.41) is 13.6. The highest BCUT2D eigenvalue weighted by atomic mass is 35.5. The zero-order valence-corrected chi connectivity index (χ0v) is 13.3. The predicted molar refractivity (Wildman–Crippen MR) is 83.6 cm³/mol. The van der Waals surface area contributed by atoms with Gasteiger partial charge in [0, 0.05) is 24.7 Å². The lowest BCUT2D eigenvalue weighted by atomic mass is 10.2. The van der Waals surface area contributed by atoms with Gasteiger partial charge in [-0.25, -0.2) is 4.39 Å². The van der Waals surface area contributed by atoms with Crippen molar-refractivity contribution >= 4 is 23.0 Å². The molecule has 7 heteroatoms. The van der Waals surface area contributed by atoms with Crippen molar-refractivity contribution in [2.75, 3.05) is 25.5 Å². The van der Waals surface area contributed by atoms with Gasteiger partial charge in [-0.05, 0) is 40.3 Å². The van der Waals surface area contributed by atoms with Crippen LogP contribution in [0.5, 0.6) is 0 Å². The zero-order chi connectivity index (χ0) is 16.0. The fourth-order valence-corrected chi connectivity index (χ4v) is 1.95. The lowest BCUT2D eigenvalue weighted by Crippen LogP contribution is -2.27. The molecule has 5 nitrogen and oxygen atoms in total. The van der Waals surface area contributed by atoms with Gasteiger partial charge in [0.25, 0.3) is 5.69 Å². The fraction of sp³-hybridized carbons (Fsp3) is 0.571. The highest BCUT2D eigenvalue weighted by Gasteiger charge is 2.17. The van der Waals surface area contributed by atoms with E-state index in [1.54, 1.807) is 0 Å². The first-order chi connectivity index (χ1) is 9.82. The van der Waals surface area contributed by atoms with Gasteiger partial charge in [-0.1, -0.05) is 11.6 Å². The number of nitro groups is 1. The number of unbranched alkanes of at least 4 members (excludes halogenated alkanes) is 1. The quantitative estimate of drug-likeness (QED) is 0.448. The SMILES string of the molecule is CC(C)N(C)CCCCNc1cc(F)c(Cl)cc1[N+](=O)[O-]. The number of nitrogens with one attached hydrogen (secondary N) is 1. The van der Waals surface area contributed by atoms with E-state index in [9.17, 15) is 14.5 Å². The van der Waals surface area contributed by atoms with Crippen molar-refractivity contribution in [3.63, 3.8) is 0 Å². The Bertz CT molecular complexity index is 497. The maximum Gasteiger partial charge on any atom is 0.294 e. The molecule has 118 valence electrons. The molecule has 0 atom stereocenters.